The highest BCUT2D eigenvalue weighted by molar-refractivity contribution is 5.91. The number of allylic oxidation sites excluding steroid dienone is 4. The molecule has 0 spiro atoms. The molecule has 4 rings (SSSR count). The minimum Gasteiger partial charge on any atom is -0.398 e. The zero-order valence-corrected chi connectivity index (χ0v) is 13.4. The van der Waals surface area contributed by atoms with E-state index in [9.17, 15) is 0 Å². The second kappa shape index (κ2) is 4.88. The standard InChI is InChI=1S/C21H20N2/c1-21(2)16-9-6-5-8-14(16)15-11-12-17(22)19(20(15)21)18-10-4-3-7-13-23-18/h3-13,23H,22H2,1-2H3. The quantitative estimate of drug-likeness (QED) is 0.756. The van der Waals surface area contributed by atoms with Crippen molar-refractivity contribution in [2.24, 2.45) is 0 Å². The van der Waals surface area contributed by atoms with Gasteiger partial charge in [-0.3, -0.25) is 0 Å². The van der Waals surface area contributed by atoms with E-state index in [2.05, 4.69) is 55.6 Å². The van der Waals surface area contributed by atoms with Crippen LogP contribution < -0.4 is 11.1 Å². The fraction of sp³-hybridized carbons (Fsp3) is 0.143. The van der Waals surface area contributed by atoms with Crippen LogP contribution >= 0.6 is 0 Å². The van der Waals surface area contributed by atoms with Crippen molar-refractivity contribution in [2.45, 2.75) is 19.3 Å². The summed E-state index contributed by atoms with van der Waals surface area (Å²) in [5, 5.41) is 3.37. The topological polar surface area (TPSA) is 38.0 Å². The van der Waals surface area contributed by atoms with Gasteiger partial charge in [-0.25, -0.2) is 0 Å². The fourth-order valence-corrected chi connectivity index (χ4v) is 3.79. The van der Waals surface area contributed by atoms with E-state index in [0.29, 0.717) is 0 Å². The minimum atomic E-state index is -0.0705. The molecule has 114 valence electrons. The SMILES string of the molecule is CC1(C)c2ccccc2-c2ccc(N)c(C3=CC=CC=CN3)c21. The third kappa shape index (κ3) is 1.95. The molecule has 3 N–H and O–H groups in total. The smallest absolute Gasteiger partial charge is 0.0477 e. The van der Waals surface area contributed by atoms with Gasteiger partial charge in [-0.2, -0.15) is 0 Å². The molecule has 2 heteroatoms. The molecule has 1 heterocycles. The molecule has 0 bridgehead atoms. The van der Waals surface area contributed by atoms with Crippen LogP contribution in [0.5, 0.6) is 0 Å². The number of anilines is 1. The van der Waals surface area contributed by atoms with Crippen LogP contribution in [0.4, 0.5) is 5.69 Å². The first-order chi connectivity index (χ1) is 11.1. The van der Waals surface area contributed by atoms with Crippen molar-refractivity contribution in [1.82, 2.24) is 5.32 Å². The van der Waals surface area contributed by atoms with Crippen molar-refractivity contribution >= 4 is 11.4 Å². The van der Waals surface area contributed by atoms with Crippen molar-refractivity contribution in [2.75, 3.05) is 5.73 Å². The summed E-state index contributed by atoms with van der Waals surface area (Å²) in [6, 6.07) is 12.8. The molecule has 2 nitrogen and oxygen atoms in total. The van der Waals surface area contributed by atoms with E-state index in [-0.39, 0.29) is 5.41 Å². The van der Waals surface area contributed by atoms with Crippen LogP contribution in [-0.2, 0) is 5.41 Å². The van der Waals surface area contributed by atoms with Crippen LogP contribution in [0.2, 0.25) is 0 Å². The molecule has 2 aromatic carbocycles. The van der Waals surface area contributed by atoms with Gasteiger partial charge in [-0.1, -0.05) is 56.3 Å². The Kier molecular flexibility index (Phi) is 2.95. The fourth-order valence-electron chi connectivity index (χ4n) is 3.79. The van der Waals surface area contributed by atoms with Crippen LogP contribution in [0.1, 0.15) is 30.5 Å². The van der Waals surface area contributed by atoms with Gasteiger partial charge in [0.15, 0.2) is 0 Å². The molecule has 0 amide bonds. The second-order valence-electron chi connectivity index (χ2n) is 6.59. The van der Waals surface area contributed by atoms with E-state index in [1.165, 1.54) is 22.3 Å². The van der Waals surface area contributed by atoms with Crippen LogP contribution in [0.15, 0.2) is 66.9 Å². The Morgan fingerprint density at radius 2 is 1.74 bits per heavy atom. The van der Waals surface area contributed by atoms with Crippen molar-refractivity contribution in [3.05, 3.63) is 83.6 Å². The lowest BCUT2D eigenvalue weighted by Gasteiger charge is -2.26. The van der Waals surface area contributed by atoms with E-state index < -0.39 is 0 Å². The van der Waals surface area contributed by atoms with Crippen LogP contribution in [0.25, 0.3) is 16.8 Å². The first kappa shape index (κ1) is 13.9. The van der Waals surface area contributed by atoms with Gasteiger partial charge in [0, 0.05) is 28.6 Å². The summed E-state index contributed by atoms with van der Waals surface area (Å²) in [6.07, 6.45) is 10.1. The van der Waals surface area contributed by atoms with Gasteiger partial charge >= 0.3 is 0 Å². The number of benzene rings is 2. The number of nitrogens with one attached hydrogen (secondary N) is 1. The van der Waals surface area contributed by atoms with Gasteiger partial charge in [-0.05, 0) is 40.5 Å². The molecule has 0 atom stereocenters. The summed E-state index contributed by atoms with van der Waals surface area (Å²) < 4.78 is 0. The maximum absolute atomic E-state index is 6.40. The highest BCUT2D eigenvalue weighted by Crippen LogP contribution is 2.52. The summed E-state index contributed by atoms with van der Waals surface area (Å²) >= 11 is 0. The van der Waals surface area contributed by atoms with Gasteiger partial charge in [0.25, 0.3) is 0 Å². The number of nitrogens with two attached hydrogens (primary N) is 1. The van der Waals surface area contributed by atoms with E-state index in [4.69, 9.17) is 5.73 Å². The van der Waals surface area contributed by atoms with Crippen LogP contribution in [0, 0.1) is 0 Å². The minimum absolute atomic E-state index is 0.0705. The van der Waals surface area contributed by atoms with Gasteiger partial charge in [-0.15, -0.1) is 0 Å². The molecule has 0 saturated heterocycles. The van der Waals surface area contributed by atoms with Crippen LogP contribution in [-0.4, -0.2) is 0 Å². The van der Waals surface area contributed by atoms with Gasteiger partial charge in [0.2, 0.25) is 0 Å². The van der Waals surface area contributed by atoms with Gasteiger partial charge < -0.3 is 11.1 Å². The number of fused-ring (bicyclic) bond motifs is 3. The lowest BCUT2D eigenvalue weighted by molar-refractivity contribution is 0.658. The number of hydrogen-bond donors (Lipinski definition) is 2. The van der Waals surface area contributed by atoms with Crippen molar-refractivity contribution < 1.29 is 0 Å². The Balaban J connectivity index is 2.03. The zero-order valence-electron chi connectivity index (χ0n) is 13.4. The van der Waals surface area contributed by atoms with Crippen LogP contribution in [0.3, 0.4) is 0 Å². The average Bonchev–Trinajstić information content (AvgIpc) is 2.74. The van der Waals surface area contributed by atoms with Crippen molar-refractivity contribution in [3.8, 4) is 11.1 Å². The maximum atomic E-state index is 6.40. The lowest BCUT2D eigenvalue weighted by atomic mass is 9.79. The third-order valence-corrected chi connectivity index (χ3v) is 4.84. The maximum Gasteiger partial charge on any atom is 0.0477 e. The largest absolute Gasteiger partial charge is 0.398 e. The molecule has 0 fully saturated rings. The molecule has 2 aromatic rings. The predicted octanol–water partition coefficient (Wildman–Crippen LogP) is 4.59. The Morgan fingerprint density at radius 1 is 0.913 bits per heavy atom. The first-order valence-electron chi connectivity index (χ1n) is 7.94. The summed E-state index contributed by atoms with van der Waals surface area (Å²) in [7, 11) is 0. The number of rotatable bonds is 1. The molecule has 1 aliphatic heterocycles. The summed E-state index contributed by atoms with van der Waals surface area (Å²) in [6.45, 7) is 4.56. The average molecular weight is 300 g/mol. The summed E-state index contributed by atoms with van der Waals surface area (Å²) in [5.41, 5.74) is 14.6. The zero-order chi connectivity index (χ0) is 16.0. The third-order valence-electron chi connectivity index (χ3n) is 4.84. The molecule has 1 aliphatic carbocycles. The highest BCUT2D eigenvalue weighted by atomic mass is 14.9. The molecule has 23 heavy (non-hydrogen) atoms. The van der Waals surface area contributed by atoms with E-state index in [1.807, 2.05) is 30.5 Å². The van der Waals surface area contributed by atoms with Crippen molar-refractivity contribution in [1.29, 1.82) is 0 Å². The first-order valence-corrected chi connectivity index (χ1v) is 7.94. The lowest BCUT2D eigenvalue weighted by Crippen LogP contribution is -2.20. The second-order valence-corrected chi connectivity index (χ2v) is 6.59. The molecule has 2 aliphatic rings. The number of nitrogen functional groups attached to an aromatic ring is 1. The Labute approximate surface area is 137 Å². The number of hydrogen-bond acceptors (Lipinski definition) is 2. The Hall–Kier alpha value is -2.74. The van der Waals surface area contributed by atoms with Gasteiger partial charge in [0.05, 0.1) is 0 Å². The molecule has 0 unspecified atom stereocenters. The Morgan fingerprint density at radius 3 is 2.61 bits per heavy atom. The summed E-state index contributed by atoms with van der Waals surface area (Å²) in [5.74, 6) is 0. The molecular formula is C21H20N2. The monoisotopic (exact) mass is 300 g/mol. The van der Waals surface area contributed by atoms with E-state index in [0.717, 1.165) is 16.9 Å². The molecule has 0 radical (unpaired) electrons. The predicted molar refractivity (Wildman–Crippen MR) is 97.8 cm³/mol. The Bertz CT molecular complexity index is 883. The molecule has 0 aromatic heterocycles. The normalized spacial score (nSPS) is 17.0. The molecule has 0 saturated carbocycles. The van der Waals surface area contributed by atoms with E-state index >= 15 is 0 Å². The van der Waals surface area contributed by atoms with Gasteiger partial charge in [0.1, 0.15) is 0 Å². The van der Waals surface area contributed by atoms with E-state index in [1.54, 1.807) is 0 Å². The van der Waals surface area contributed by atoms with Crippen molar-refractivity contribution in [3.63, 3.8) is 0 Å². The summed E-state index contributed by atoms with van der Waals surface area (Å²) in [4.78, 5) is 0. The molecular weight excluding hydrogens is 280 g/mol. The highest BCUT2D eigenvalue weighted by Gasteiger charge is 2.38.